The van der Waals surface area contributed by atoms with Gasteiger partial charge in [-0.05, 0) is 29.8 Å². The molecule has 1 heterocycles. The number of halogens is 2. The lowest BCUT2D eigenvalue weighted by molar-refractivity contribution is -0.124. The van der Waals surface area contributed by atoms with Crippen LogP contribution in [0.4, 0.5) is 0 Å². The number of nitrogens with zero attached hydrogens (tertiary/aromatic N) is 1. The molecule has 0 aliphatic carbocycles. The zero-order valence-corrected chi connectivity index (χ0v) is 15.1. The van der Waals surface area contributed by atoms with Crippen molar-refractivity contribution >= 4 is 46.0 Å². The molecule has 0 radical (unpaired) electrons. The van der Waals surface area contributed by atoms with Crippen LogP contribution in [-0.2, 0) is 16.1 Å². The number of fused-ring (bicyclic) bond motifs is 1. The molecule has 132 valence electrons. The molecule has 0 unspecified atom stereocenters. The lowest BCUT2D eigenvalue weighted by Gasteiger charge is -2.09. The summed E-state index contributed by atoms with van der Waals surface area (Å²) in [5, 5.41) is 4.10. The molecule has 0 fully saturated rings. The summed E-state index contributed by atoms with van der Waals surface area (Å²) in [7, 11) is 0. The molecule has 0 spiro atoms. The Balaban J connectivity index is 1.60. The summed E-state index contributed by atoms with van der Waals surface area (Å²) in [5.74, 6) is -1.04. The summed E-state index contributed by atoms with van der Waals surface area (Å²) in [5.41, 5.74) is 1.74. The van der Waals surface area contributed by atoms with Crippen LogP contribution < -0.4 is 5.32 Å². The van der Waals surface area contributed by atoms with Gasteiger partial charge >= 0.3 is 5.97 Å². The Kier molecular flexibility index (Phi) is 5.71. The third-order valence-electron chi connectivity index (χ3n) is 3.64. The monoisotopic (exact) mass is 388 g/mol. The van der Waals surface area contributed by atoms with E-state index in [-0.39, 0.29) is 17.3 Å². The van der Waals surface area contributed by atoms with Crippen molar-refractivity contribution in [1.29, 1.82) is 0 Å². The number of ether oxygens (including phenoxy) is 1. The second-order valence-electron chi connectivity index (χ2n) is 5.49. The molecule has 7 heteroatoms. The van der Waals surface area contributed by atoms with E-state index in [2.05, 4.69) is 10.3 Å². The van der Waals surface area contributed by atoms with E-state index in [0.717, 1.165) is 5.56 Å². The van der Waals surface area contributed by atoms with Crippen molar-refractivity contribution in [3.05, 3.63) is 75.9 Å². The van der Waals surface area contributed by atoms with Gasteiger partial charge in [-0.3, -0.25) is 4.79 Å². The van der Waals surface area contributed by atoms with E-state index in [1.165, 1.54) is 6.07 Å². The van der Waals surface area contributed by atoms with E-state index in [1.54, 1.807) is 48.5 Å². The fraction of sp³-hybridized carbons (Fsp3) is 0.105. The topological polar surface area (TPSA) is 68.3 Å². The summed E-state index contributed by atoms with van der Waals surface area (Å²) in [6.45, 7) is -0.0712. The Morgan fingerprint density at radius 2 is 1.77 bits per heavy atom. The van der Waals surface area contributed by atoms with Crippen LogP contribution in [0, 0.1) is 0 Å². The predicted octanol–water partition coefficient (Wildman–Crippen LogP) is 4.01. The van der Waals surface area contributed by atoms with Gasteiger partial charge < -0.3 is 10.1 Å². The molecule has 0 aliphatic rings. The number of hydrogen-bond donors (Lipinski definition) is 1. The largest absolute Gasteiger partial charge is 0.452 e. The Labute approximate surface area is 159 Å². The number of rotatable bonds is 5. The van der Waals surface area contributed by atoms with Crippen LogP contribution in [0.1, 0.15) is 15.9 Å². The number of hydrogen-bond acceptors (Lipinski definition) is 4. The number of benzene rings is 2. The number of aromatic nitrogens is 1. The number of carbonyl (C=O) groups is 2. The average Bonchev–Trinajstić information content (AvgIpc) is 2.65. The molecule has 2 aromatic carbocycles. The Hall–Kier alpha value is -2.63. The van der Waals surface area contributed by atoms with Crippen LogP contribution in [0.2, 0.25) is 10.2 Å². The fourth-order valence-electron chi connectivity index (χ4n) is 2.37. The summed E-state index contributed by atoms with van der Waals surface area (Å²) in [6.07, 6.45) is 0. The van der Waals surface area contributed by atoms with Gasteiger partial charge in [-0.2, -0.15) is 0 Å². The number of esters is 1. The second kappa shape index (κ2) is 8.17. The van der Waals surface area contributed by atoms with Gasteiger partial charge in [0.1, 0.15) is 5.15 Å². The number of pyridine rings is 1. The number of para-hydroxylation sites is 1. The van der Waals surface area contributed by atoms with Gasteiger partial charge in [0.15, 0.2) is 6.61 Å². The molecule has 5 nitrogen and oxygen atoms in total. The van der Waals surface area contributed by atoms with Crippen molar-refractivity contribution in [2.24, 2.45) is 0 Å². The SMILES string of the molecule is O=C(COC(=O)c1cc(Cl)nc2ccccc12)NCc1ccc(Cl)cc1. The van der Waals surface area contributed by atoms with Crippen LogP contribution in [0.3, 0.4) is 0 Å². The minimum atomic E-state index is -0.632. The van der Waals surface area contributed by atoms with Gasteiger partial charge in [-0.1, -0.05) is 53.5 Å². The number of carbonyl (C=O) groups excluding carboxylic acids is 2. The third kappa shape index (κ3) is 4.50. The second-order valence-corrected chi connectivity index (χ2v) is 6.31. The Bertz CT molecular complexity index is 959. The van der Waals surface area contributed by atoms with E-state index >= 15 is 0 Å². The van der Waals surface area contributed by atoms with E-state index in [1.807, 2.05) is 0 Å². The van der Waals surface area contributed by atoms with Crippen LogP contribution in [0.15, 0.2) is 54.6 Å². The summed E-state index contributed by atoms with van der Waals surface area (Å²) in [6, 6.07) is 15.6. The maximum absolute atomic E-state index is 12.3. The average molecular weight is 389 g/mol. The summed E-state index contributed by atoms with van der Waals surface area (Å²) >= 11 is 11.8. The maximum Gasteiger partial charge on any atom is 0.339 e. The lowest BCUT2D eigenvalue weighted by atomic mass is 10.1. The molecule has 0 aliphatic heterocycles. The van der Waals surface area contributed by atoms with Gasteiger partial charge in [0.25, 0.3) is 5.91 Å². The van der Waals surface area contributed by atoms with E-state index < -0.39 is 11.9 Å². The number of nitrogens with one attached hydrogen (secondary N) is 1. The molecular weight excluding hydrogens is 375 g/mol. The van der Waals surface area contributed by atoms with Crippen molar-refractivity contribution in [3.8, 4) is 0 Å². The number of amides is 1. The molecule has 1 amide bonds. The molecule has 1 N–H and O–H groups in total. The Morgan fingerprint density at radius 3 is 2.54 bits per heavy atom. The first-order chi connectivity index (χ1) is 12.5. The first-order valence-corrected chi connectivity index (χ1v) is 8.52. The van der Waals surface area contributed by atoms with Gasteiger partial charge in [-0.15, -0.1) is 0 Å². The highest BCUT2D eigenvalue weighted by molar-refractivity contribution is 6.30. The van der Waals surface area contributed by atoms with Gasteiger partial charge in [-0.25, -0.2) is 9.78 Å². The summed E-state index contributed by atoms with van der Waals surface area (Å²) < 4.78 is 5.10. The Morgan fingerprint density at radius 1 is 1.04 bits per heavy atom. The van der Waals surface area contributed by atoms with Crippen molar-refractivity contribution in [2.45, 2.75) is 6.54 Å². The maximum atomic E-state index is 12.3. The van der Waals surface area contributed by atoms with Gasteiger partial charge in [0.05, 0.1) is 11.1 Å². The summed E-state index contributed by atoms with van der Waals surface area (Å²) in [4.78, 5) is 28.4. The minimum absolute atomic E-state index is 0.183. The van der Waals surface area contributed by atoms with Crippen LogP contribution in [-0.4, -0.2) is 23.5 Å². The minimum Gasteiger partial charge on any atom is -0.452 e. The van der Waals surface area contributed by atoms with Gasteiger partial charge in [0, 0.05) is 17.0 Å². The molecule has 0 saturated heterocycles. The standard InChI is InChI=1S/C19H14Cl2N2O3/c20-13-7-5-12(6-8-13)10-22-18(24)11-26-19(25)15-9-17(21)23-16-4-2-1-3-14(15)16/h1-9H,10-11H2,(H,22,24). The molecule has 0 bridgehead atoms. The van der Waals surface area contributed by atoms with Crippen molar-refractivity contribution < 1.29 is 14.3 Å². The van der Waals surface area contributed by atoms with E-state index in [0.29, 0.717) is 22.5 Å². The molecule has 26 heavy (non-hydrogen) atoms. The normalized spacial score (nSPS) is 10.5. The zero-order chi connectivity index (χ0) is 18.5. The van der Waals surface area contributed by atoms with Crippen molar-refractivity contribution in [1.82, 2.24) is 10.3 Å². The van der Waals surface area contributed by atoms with Crippen LogP contribution in [0.5, 0.6) is 0 Å². The molecule has 3 aromatic rings. The van der Waals surface area contributed by atoms with Crippen LogP contribution in [0.25, 0.3) is 10.9 Å². The smallest absolute Gasteiger partial charge is 0.339 e. The fourth-order valence-corrected chi connectivity index (χ4v) is 2.70. The molecule has 0 atom stereocenters. The molecular formula is C19H14Cl2N2O3. The first kappa shape index (κ1) is 18.2. The van der Waals surface area contributed by atoms with Crippen LogP contribution >= 0.6 is 23.2 Å². The van der Waals surface area contributed by atoms with Gasteiger partial charge in [0.2, 0.25) is 0 Å². The highest BCUT2D eigenvalue weighted by Gasteiger charge is 2.15. The van der Waals surface area contributed by atoms with Crippen molar-refractivity contribution in [3.63, 3.8) is 0 Å². The molecule has 1 aromatic heterocycles. The lowest BCUT2D eigenvalue weighted by Crippen LogP contribution is -2.28. The molecule has 0 saturated carbocycles. The zero-order valence-electron chi connectivity index (χ0n) is 13.5. The predicted molar refractivity (Wildman–Crippen MR) is 100 cm³/mol. The van der Waals surface area contributed by atoms with E-state index in [9.17, 15) is 9.59 Å². The quantitative estimate of drug-likeness (QED) is 0.529. The van der Waals surface area contributed by atoms with Crippen molar-refractivity contribution in [2.75, 3.05) is 6.61 Å². The highest BCUT2D eigenvalue weighted by Crippen LogP contribution is 2.21. The van der Waals surface area contributed by atoms with E-state index in [4.69, 9.17) is 27.9 Å². The first-order valence-electron chi connectivity index (χ1n) is 7.76. The highest BCUT2D eigenvalue weighted by atomic mass is 35.5. The molecule has 3 rings (SSSR count). The third-order valence-corrected chi connectivity index (χ3v) is 4.09.